The normalized spacial score (nSPS) is 20.4. The first-order valence-electron chi connectivity index (χ1n) is 13.4. The van der Waals surface area contributed by atoms with Gasteiger partial charge in [0.15, 0.2) is 5.78 Å². The molecule has 206 valence electrons. The number of carbonyl (C=O) groups excluding carboxylic acids is 3. The SMILES string of the molecule is CCOC1CC2(C(=O)c3cc(C)ccc3C)C(=C(c3cc(C)ccc3C)O1)C(=O)C(=O)N2c1ccc(OC)cc1. The van der Waals surface area contributed by atoms with Gasteiger partial charge in [0.1, 0.15) is 17.0 Å². The van der Waals surface area contributed by atoms with E-state index in [1.165, 1.54) is 4.90 Å². The van der Waals surface area contributed by atoms with Gasteiger partial charge in [-0.1, -0.05) is 35.4 Å². The highest BCUT2D eigenvalue weighted by Crippen LogP contribution is 2.50. The summed E-state index contributed by atoms with van der Waals surface area (Å²) in [5, 5.41) is 0. The van der Waals surface area contributed by atoms with Gasteiger partial charge in [-0.3, -0.25) is 19.3 Å². The number of carbonyl (C=O) groups is 3. The van der Waals surface area contributed by atoms with Crippen molar-refractivity contribution in [3.05, 3.63) is 99.6 Å². The lowest BCUT2D eigenvalue weighted by Gasteiger charge is -2.43. The maximum Gasteiger partial charge on any atom is 0.300 e. The lowest BCUT2D eigenvalue weighted by molar-refractivity contribution is -0.132. The highest BCUT2D eigenvalue weighted by atomic mass is 16.7. The summed E-state index contributed by atoms with van der Waals surface area (Å²) in [5.41, 5.74) is 3.29. The van der Waals surface area contributed by atoms with Crippen molar-refractivity contribution in [2.45, 2.75) is 52.9 Å². The standard InChI is InChI=1S/C33H33NO6/c1-7-39-27-18-33(31(36)26-17-20(3)9-11-22(26)5)28(30(40-27)25-16-19(2)8-10-21(25)4)29(35)32(37)34(33)23-12-14-24(38-6)15-13-23/h8-17,27H,7,18H2,1-6H3. The molecule has 7 heteroatoms. The Morgan fingerprint density at radius 2 is 1.60 bits per heavy atom. The third kappa shape index (κ3) is 4.31. The Balaban J connectivity index is 1.88. The minimum Gasteiger partial charge on any atom is -0.497 e. The van der Waals surface area contributed by atoms with E-state index in [0.29, 0.717) is 29.2 Å². The van der Waals surface area contributed by atoms with E-state index in [4.69, 9.17) is 14.2 Å². The van der Waals surface area contributed by atoms with Gasteiger partial charge in [-0.05, 0) is 82.1 Å². The van der Waals surface area contributed by atoms with Crippen LogP contribution in [0.5, 0.6) is 5.75 Å². The zero-order chi connectivity index (χ0) is 28.8. The lowest BCUT2D eigenvalue weighted by atomic mass is 9.75. The molecule has 1 fully saturated rings. The van der Waals surface area contributed by atoms with Gasteiger partial charge in [0.2, 0.25) is 6.29 Å². The van der Waals surface area contributed by atoms with E-state index in [0.717, 1.165) is 22.3 Å². The minimum atomic E-state index is -1.69. The number of aryl methyl sites for hydroxylation is 4. The average molecular weight is 540 g/mol. The number of ketones is 2. The van der Waals surface area contributed by atoms with Gasteiger partial charge in [-0.15, -0.1) is 0 Å². The summed E-state index contributed by atoms with van der Waals surface area (Å²) in [5.74, 6) is -1.11. The number of ether oxygens (including phenoxy) is 3. The van der Waals surface area contributed by atoms with E-state index in [9.17, 15) is 14.4 Å². The van der Waals surface area contributed by atoms with Gasteiger partial charge in [0.25, 0.3) is 11.7 Å². The molecule has 2 aliphatic heterocycles. The summed E-state index contributed by atoms with van der Waals surface area (Å²) in [7, 11) is 1.55. The Labute approximate surface area is 234 Å². The predicted molar refractivity (Wildman–Crippen MR) is 152 cm³/mol. The molecule has 1 amide bonds. The lowest BCUT2D eigenvalue weighted by Crippen LogP contribution is -2.57. The zero-order valence-electron chi connectivity index (χ0n) is 23.7. The largest absolute Gasteiger partial charge is 0.497 e. The number of Topliss-reactive ketones (excluding diaryl/α,β-unsaturated/α-hetero) is 2. The first-order valence-corrected chi connectivity index (χ1v) is 13.4. The maximum absolute atomic E-state index is 14.9. The molecule has 3 aromatic rings. The van der Waals surface area contributed by atoms with Crippen molar-refractivity contribution in [2.75, 3.05) is 18.6 Å². The summed E-state index contributed by atoms with van der Waals surface area (Å²) < 4.78 is 17.7. The first-order chi connectivity index (χ1) is 19.1. The summed E-state index contributed by atoms with van der Waals surface area (Å²) in [6.45, 7) is 9.77. The van der Waals surface area contributed by atoms with E-state index in [-0.39, 0.29) is 23.5 Å². The summed E-state index contributed by atoms with van der Waals surface area (Å²) in [6, 6.07) is 18.2. The fourth-order valence-electron chi connectivity index (χ4n) is 5.68. The number of hydrogen-bond donors (Lipinski definition) is 0. The number of anilines is 1. The average Bonchev–Trinajstić information content (AvgIpc) is 3.17. The Hall–Kier alpha value is -4.23. The third-order valence-electron chi connectivity index (χ3n) is 7.69. The van der Waals surface area contributed by atoms with Gasteiger partial charge in [0, 0.05) is 29.8 Å². The van der Waals surface area contributed by atoms with Crippen molar-refractivity contribution in [3.8, 4) is 5.75 Å². The van der Waals surface area contributed by atoms with Gasteiger partial charge >= 0.3 is 0 Å². The van der Waals surface area contributed by atoms with Crippen LogP contribution >= 0.6 is 0 Å². The third-order valence-corrected chi connectivity index (χ3v) is 7.69. The predicted octanol–water partition coefficient (Wildman–Crippen LogP) is 5.66. The van der Waals surface area contributed by atoms with Crippen molar-refractivity contribution in [3.63, 3.8) is 0 Å². The van der Waals surface area contributed by atoms with Gasteiger partial charge in [0.05, 0.1) is 12.7 Å². The summed E-state index contributed by atoms with van der Waals surface area (Å²) in [4.78, 5) is 44.3. The van der Waals surface area contributed by atoms with Crippen molar-refractivity contribution in [1.29, 1.82) is 0 Å². The second kappa shape index (κ2) is 10.4. The van der Waals surface area contributed by atoms with Crippen LogP contribution in [0.25, 0.3) is 5.76 Å². The molecule has 2 aliphatic rings. The highest BCUT2D eigenvalue weighted by molar-refractivity contribution is 6.55. The minimum absolute atomic E-state index is 0.0414. The number of benzene rings is 3. The molecule has 7 nitrogen and oxygen atoms in total. The number of nitrogens with zero attached hydrogens (tertiary/aromatic N) is 1. The second-order valence-corrected chi connectivity index (χ2v) is 10.4. The van der Waals surface area contributed by atoms with Crippen molar-refractivity contribution in [2.24, 2.45) is 0 Å². The van der Waals surface area contributed by atoms with Crippen LogP contribution in [-0.4, -0.2) is 43.0 Å². The monoisotopic (exact) mass is 539 g/mol. The molecule has 5 rings (SSSR count). The number of hydrogen-bond acceptors (Lipinski definition) is 6. The van der Waals surface area contributed by atoms with E-state index in [1.807, 2.05) is 71.0 Å². The van der Waals surface area contributed by atoms with E-state index in [1.54, 1.807) is 31.4 Å². The van der Waals surface area contributed by atoms with Gasteiger partial charge in [-0.2, -0.15) is 0 Å². The molecule has 0 aliphatic carbocycles. The fourth-order valence-corrected chi connectivity index (χ4v) is 5.68. The molecule has 2 unspecified atom stereocenters. The fraction of sp³-hybridized carbons (Fsp3) is 0.303. The molecule has 0 spiro atoms. The molecule has 40 heavy (non-hydrogen) atoms. The zero-order valence-corrected chi connectivity index (χ0v) is 23.7. The smallest absolute Gasteiger partial charge is 0.300 e. The molecule has 1 saturated heterocycles. The van der Waals surface area contributed by atoms with Crippen LogP contribution in [-0.2, 0) is 19.1 Å². The van der Waals surface area contributed by atoms with Crippen molar-refractivity contribution >= 4 is 28.9 Å². The maximum atomic E-state index is 14.9. The number of rotatable bonds is 7. The molecule has 0 aromatic heterocycles. The quantitative estimate of drug-likeness (QED) is 0.285. The van der Waals surface area contributed by atoms with Crippen LogP contribution in [0.3, 0.4) is 0 Å². The number of fused-ring (bicyclic) bond motifs is 1. The van der Waals surface area contributed by atoms with Gasteiger partial charge < -0.3 is 14.2 Å². The molecular weight excluding hydrogens is 506 g/mol. The van der Waals surface area contributed by atoms with Crippen LogP contribution in [0.15, 0.2) is 66.2 Å². The van der Waals surface area contributed by atoms with Crippen molar-refractivity contribution < 1.29 is 28.6 Å². The molecule has 2 atom stereocenters. The first kappa shape index (κ1) is 27.3. The summed E-state index contributed by atoms with van der Waals surface area (Å²) in [6.07, 6.45) is -0.919. The summed E-state index contributed by atoms with van der Waals surface area (Å²) >= 11 is 0. The number of amides is 1. The molecule has 0 N–H and O–H groups in total. The van der Waals surface area contributed by atoms with Crippen LogP contribution < -0.4 is 9.64 Å². The van der Waals surface area contributed by atoms with Crippen LogP contribution in [0, 0.1) is 27.7 Å². The van der Waals surface area contributed by atoms with Gasteiger partial charge in [-0.25, -0.2) is 0 Å². The Morgan fingerprint density at radius 3 is 2.25 bits per heavy atom. The molecule has 3 aromatic carbocycles. The molecular formula is C33H33NO6. The Morgan fingerprint density at radius 1 is 0.950 bits per heavy atom. The Kier molecular flexibility index (Phi) is 7.10. The van der Waals surface area contributed by atoms with E-state index in [2.05, 4.69) is 0 Å². The van der Waals surface area contributed by atoms with E-state index >= 15 is 0 Å². The molecule has 0 radical (unpaired) electrons. The molecule has 0 saturated carbocycles. The molecule has 0 bridgehead atoms. The topological polar surface area (TPSA) is 82.1 Å². The van der Waals surface area contributed by atoms with E-state index < -0.39 is 23.5 Å². The Bertz CT molecular complexity index is 1550. The van der Waals surface area contributed by atoms with Crippen LogP contribution in [0.2, 0.25) is 0 Å². The second-order valence-electron chi connectivity index (χ2n) is 10.4. The number of methoxy groups -OCH3 is 1. The highest BCUT2D eigenvalue weighted by Gasteiger charge is 2.65. The van der Waals surface area contributed by atoms with Crippen LogP contribution in [0.1, 0.15) is 51.5 Å². The van der Waals surface area contributed by atoms with Crippen LogP contribution in [0.4, 0.5) is 5.69 Å². The molecule has 2 heterocycles. The van der Waals surface area contributed by atoms with Crippen molar-refractivity contribution in [1.82, 2.24) is 0 Å².